The van der Waals surface area contributed by atoms with E-state index in [-0.39, 0.29) is 6.10 Å². The summed E-state index contributed by atoms with van der Waals surface area (Å²) in [4.78, 5) is 0. The predicted molar refractivity (Wildman–Crippen MR) is 46.1 cm³/mol. The van der Waals surface area contributed by atoms with Crippen molar-refractivity contribution in [1.29, 1.82) is 0 Å². The van der Waals surface area contributed by atoms with E-state index in [1.165, 1.54) is 0 Å². The van der Waals surface area contributed by atoms with Crippen LogP contribution in [0.4, 0.5) is 0 Å². The molecule has 0 fully saturated rings. The van der Waals surface area contributed by atoms with Crippen LogP contribution in [0, 0.1) is 6.07 Å². The summed E-state index contributed by atoms with van der Waals surface area (Å²) in [5.41, 5.74) is 0. The van der Waals surface area contributed by atoms with Crippen LogP contribution >= 0.6 is 11.6 Å². The van der Waals surface area contributed by atoms with Gasteiger partial charge in [-0.25, -0.2) is 0 Å². The number of rotatable bonds is 2. The molecule has 0 heterocycles. The van der Waals surface area contributed by atoms with E-state index in [4.69, 9.17) is 16.3 Å². The lowest BCUT2D eigenvalue weighted by atomic mass is 10.3. The third kappa shape index (κ3) is 2.81. The van der Waals surface area contributed by atoms with Crippen LogP contribution in [0.3, 0.4) is 0 Å². The maximum atomic E-state index is 5.69. The van der Waals surface area contributed by atoms with Crippen LogP contribution in [0.15, 0.2) is 18.2 Å². The molecule has 0 aliphatic heterocycles. The van der Waals surface area contributed by atoms with Crippen LogP contribution in [0.2, 0.25) is 5.02 Å². The van der Waals surface area contributed by atoms with Crippen molar-refractivity contribution in [3.8, 4) is 5.75 Å². The Balaban J connectivity index is 2.71. The number of halogens is 1. The number of hydrogen-bond donors (Lipinski definition) is 0. The molecular weight excluding hydrogens is 160 g/mol. The second-order valence-electron chi connectivity index (χ2n) is 2.53. The molecule has 11 heavy (non-hydrogen) atoms. The topological polar surface area (TPSA) is 9.23 Å². The molecule has 0 unspecified atom stereocenters. The lowest BCUT2D eigenvalue weighted by molar-refractivity contribution is 0.242. The largest absolute Gasteiger partial charge is 0.490 e. The van der Waals surface area contributed by atoms with Gasteiger partial charge in [0.25, 0.3) is 0 Å². The maximum absolute atomic E-state index is 5.69. The molecule has 0 atom stereocenters. The van der Waals surface area contributed by atoms with Crippen molar-refractivity contribution < 1.29 is 4.74 Å². The SMILES string of the molecule is CC(C)Oc1[c]c(Cl)ccc1. The molecule has 0 saturated carbocycles. The van der Waals surface area contributed by atoms with Gasteiger partial charge in [-0.05, 0) is 26.0 Å². The predicted octanol–water partition coefficient (Wildman–Crippen LogP) is 2.93. The van der Waals surface area contributed by atoms with E-state index in [1.54, 1.807) is 6.07 Å². The van der Waals surface area contributed by atoms with Gasteiger partial charge in [0.2, 0.25) is 0 Å². The third-order valence-electron chi connectivity index (χ3n) is 1.10. The summed E-state index contributed by atoms with van der Waals surface area (Å²) in [7, 11) is 0. The normalized spacial score (nSPS) is 10.2. The van der Waals surface area contributed by atoms with E-state index in [1.807, 2.05) is 26.0 Å². The Morgan fingerprint density at radius 3 is 2.73 bits per heavy atom. The van der Waals surface area contributed by atoms with Gasteiger partial charge in [-0.3, -0.25) is 0 Å². The fraction of sp³-hybridized carbons (Fsp3) is 0.333. The van der Waals surface area contributed by atoms with Crippen molar-refractivity contribution in [3.63, 3.8) is 0 Å². The summed E-state index contributed by atoms with van der Waals surface area (Å²) in [6.07, 6.45) is 0.171. The summed E-state index contributed by atoms with van der Waals surface area (Å²) >= 11 is 5.69. The summed E-state index contributed by atoms with van der Waals surface area (Å²) in [6, 6.07) is 8.34. The first kappa shape index (κ1) is 8.41. The third-order valence-corrected chi connectivity index (χ3v) is 1.32. The van der Waals surface area contributed by atoms with Crippen LogP contribution in [-0.2, 0) is 0 Å². The van der Waals surface area contributed by atoms with Crippen molar-refractivity contribution in [3.05, 3.63) is 29.3 Å². The Morgan fingerprint density at radius 2 is 2.18 bits per heavy atom. The average molecular weight is 170 g/mol. The molecule has 2 heteroatoms. The van der Waals surface area contributed by atoms with Crippen molar-refractivity contribution in [1.82, 2.24) is 0 Å². The number of benzene rings is 1. The molecule has 0 aliphatic carbocycles. The summed E-state index contributed by atoms with van der Waals surface area (Å²) in [5, 5.41) is 0.586. The average Bonchev–Trinajstić information content (AvgIpc) is 1.85. The minimum atomic E-state index is 0.171. The molecule has 0 N–H and O–H groups in total. The maximum Gasteiger partial charge on any atom is 0.129 e. The van der Waals surface area contributed by atoms with Crippen LogP contribution in [0.5, 0.6) is 5.75 Å². The molecule has 59 valence electrons. The summed E-state index contributed by atoms with van der Waals surface area (Å²) in [5.74, 6) is 0.701. The molecule has 0 amide bonds. The van der Waals surface area contributed by atoms with Gasteiger partial charge in [-0.15, -0.1) is 0 Å². The first-order valence-corrected chi connectivity index (χ1v) is 3.91. The number of ether oxygens (including phenoxy) is 1. The minimum Gasteiger partial charge on any atom is -0.490 e. The van der Waals surface area contributed by atoms with Gasteiger partial charge in [0.15, 0.2) is 0 Å². The first-order chi connectivity index (χ1) is 5.18. The molecule has 0 bridgehead atoms. The standard InChI is InChI=1S/C9H10ClO/c1-7(2)11-9-5-3-4-8(10)6-9/h3-5,7H,1-2H3. The van der Waals surface area contributed by atoms with E-state index in [0.717, 1.165) is 0 Å². The highest BCUT2D eigenvalue weighted by Gasteiger charge is 1.97. The molecule has 0 aliphatic rings. The molecule has 0 aromatic heterocycles. The molecule has 1 nitrogen and oxygen atoms in total. The number of hydrogen-bond acceptors (Lipinski definition) is 1. The highest BCUT2D eigenvalue weighted by atomic mass is 35.5. The fourth-order valence-electron chi connectivity index (χ4n) is 0.744. The van der Waals surface area contributed by atoms with Crippen molar-refractivity contribution >= 4 is 11.6 Å². The zero-order valence-corrected chi connectivity index (χ0v) is 7.35. The zero-order chi connectivity index (χ0) is 8.27. The van der Waals surface area contributed by atoms with E-state index in [2.05, 4.69) is 6.07 Å². The second kappa shape index (κ2) is 3.63. The molecule has 0 spiro atoms. The highest BCUT2D eigenvalue weighted by molar-refractivity contribution is 6.30. The van der Waals surface area contributed by atoms with Gasteiger partial charge in [0.1, 0.15) is 5.75 Å². The summed E-state index contributed by atoms with van der Waals surface area (Å²) in [6.45, 7) is 3.93. The molecule has 1 rings (SSSR count). The second-order valence-corrected chi connectivity index (χ2v) is 2.94. The molecule has 1 aromatic carbocycles. The molecule has 1 radical (unpaired) electrons. The smallest absolute Gasteiger partial charge is 0.129 e. The Morgan fingerprint density at radius 1 is 1.45 bits per heavy atom. The molecular formula is C9H10ClO. The van der Waals surface area contributed by atoms with Crippen molar-refractivity contribution in [2.45, 2.75) is 20.0 Å². The monoisotopic (exact) mass is 169 g/mol. The van der Waals surface area contributed by atoms with Crippen molar-refractivity contribution in [2.75, 3.05) is 0 Å². The fourth-order valence-corrected chi connectivity index (χ4v) is 0.910. The summed E-state index contributed by atoms with van der Waals surface area (Å²) < 4.78 is 5.36. The van der Waals surface area contributed by atoms with Gasteiger partial charge in [-0.1, -0.05) is 17.7 Å². The van der Waals surface area contributed by atoms with Gasteiger partial charge in [-0.2, -0.15) is 0 Å². The van der Waals surface area contributed by atoms with Crippen LogP contribution < -0.4 is 4.74 Å². The van der Waals surface area contributed by atoms with E-state index in [9.17, 15) is 0 Å². The molecule has 1 aromatic rings. The van der Waals surface area contributed by atoms with Gasteiger partial charge >= 0.3 is 0 Å². The van der Waals surface area contributed by atoms with E-state index in [0.29, 0.717) is 10.8 Å². The van der Waals surface area contributed by atoms with Gasteiger partial charge in [0.05, 0.1) is 11.1 Å². The van der Waals surface area contributed by atoms with E-state index < -0.39 is 0 Å². The van der Waals surface area contributed by atoms with Gasteiger partial charge in [0, 0.05) is 6.07 Å². The van der Waals surface area contributed by atoms with Crippen LogP contribution in [0.25, 0.3) is 0 Å². The quantitative estimate of drug-likeness (QED) is 0.662. The Labute approximate surface area is 71.9 Å². The Bertz CT molecular complexity index is 233. The van der Waals surface area contributed by atoms with Gasteiger partial charge < -0.3 is 4.74 Å². The van der Waals surface area contributed by atoms with Crippen LogP contribution in [0.1, 0.15) is 13.8 Å². The van der Waals surface area contributed by atoms with Crippen LogP contribution in [-0.4, -0.2) is 6.10 Å². The Kier molecular flexibility index (Phi) is 2.77. The lowest BCUT2D eigenvalue weighted by Crippen LogP contribution is -2.05. The first-order valence-electron chi connectivity index (χ1n) is 3.53. The van der Waals surface area contributed by atoms with Crippen molar-refractivity contribution in [2.24, 2.45) is 0 Å². The minimum absolute atomic E-state index is 0.171. The zero-order valence-electron chi connectivity index (χ0n) is 6.60. The lowest BCUT2D eigenvalue weighted by Gasteiger charge is -2.08. The highest BCUT2D eigenvalue weighted by Crippen LogP contribution is 2.16. The Hall–Kier alpha value is -0.690. The molecule has 0 saturated heterocycles. The van der Waals surface area contributed by atoms with E-state index >= 15 is 0 Å².